The number of amides is 1. The topological polar surface area (TPSA) is 82.2 Å². The first-order valence-electron chi connectivity index (χ1n) is 11.8. The molecule has 0 radical (unpaired) electrons. The number of hydrogen-bond donors (Lipinski definition) is 1. The van der Waals surface area contributed by atoms with Crippen LogP contribution in [0.25, 0.3) is 0 Å². The first-order valence-corrected chi connectivity index (χ1v) is 13.3. The number of benzene rings is 2. The number of nitrogens with one attached hydrogen (secondary N) is 1. The Hall–Kier alpha value is -2.46. The molecular formula is C25H34N4O4S. The monoisotopic (exact) mass is 486 g/mol. The summed E-state index contributed by atoms with van der Waals surface area (Å²) in [5, 5.41) is 3.01. The number of anilines is 1. The van der Waals surface area contributed by atoms with Crippen molar-refractivity contribution in [3.63, 3.8) is 0 Å². The molecule has 2 aromatic rings. The van der Waals surface area contributed by atoms with E-state index < -0.39 is 10.0 Å². The zero-order chi connectivity index (χ0) is 24.1. The predicted octanol–water partition coefficient (Wildman–Crippen LogP) is 2.30. The Balaban J connectivity index is 1.51. The Bertz CT molecular complexity index is 1110. The highest BCUT2D eigenvalue weighted by Gasteiger charge is 2.24. The van der Waals surface area contributed by atoms with Gasteiger partial charge < -0.3 is 15.0 Å². The second-order valence-electron chi connectivity index (χ2n) is 9.05. The van der Waals surface area contributed by atoms with E-state index in [2.05, 4.69) is 27.2 Å². The van der Waals surface area contributed by atoms with Gasteiger partial charge in [0.15, 0.2) is 0 Å². The van der Waals surface area contributed by atoms with Crippen molar-refractivity contribution < 1.29 is 17.9 Å². The van der Waals surface area contributed by atoms with Gasteiger partial charge in [-0.1, -0.05) is 24.3 Å². The van der Waals surface area contributed by atoms with Crippen LogP contribution in [0.5, 0.6) is 0 Å². The molecule has 0 atom stereocenters. The van der Waals surface area contributed by atoms with Crippen molar-refractivity contribution in [1.82, 2.24) is 14.5 Å². The summed E-state index contributed by atoms with van der Waals surface area (Å²) in [7, 11) is -0.652. The molecule has 0 saturated carbocycles. The van der Waals surface area contributed by atoms with Gasteiger partial charge in [0.1, 0.15) is 0 Å². The van der Waals surface area contributed by atoms with Gasteiger partial charge >= 0.3 is 0 Å². The maximum Gasteiger partial charge on any atom is 0.253 e. The van der Waals surface area contributed by atoms with Crippen molar-refractivity contribution in [2.75, 3.05) is 58.4 Å². The SMILES string of the molecule is CN(C)S(=O)(=O)c1ccc(N2CCCC2)c(C(=O)NCc2cccc(CN3CCOCC3)c2)c1. The summed E-state index contributed by atoms with van der Waals surface area (Å²) in [6.45, 7) is 6.33. The lowest BCUT2D eigenvalue weighted by molar-refractivity contribution is 0.0342. The first kappa shape index (κ1) is 24.7. The summed E-state index contributed by atoms with van der Waals surface area (Å²) in [5.41, 5.74) is 3.40. The lowest BCUT2D eigenvalue weighted by Gasteiger charge is -2.26. The van der Waals surface area contributed by atoms with Gasteiger partial charge in [0.25, 0.3) is 5.91 Å². The van der Waals surface area contributed by atoms with Crippen LogP contribution in [-0.4, -0.2) is 77.0 Å². The molecule has 0 bridgehead atoms. The quantitative estimate of drug-likeness (QED) is 0.617. The fourth-order valence-corrected chi connectivity index (χ4v) is 5.36. The van der Waals surface area contributed by atoms with E-state index in [4.69, 9.17) is 4.74 Å². The summed E-state index contributed by atoms with van der Waals surface area (Å²) < 4.78 is 32.0. The standard InChI is InChI=1S/C25H34N4O4S/c1-27(2)34(31,32)22-8-9-24(29-10-3-4-11-29)23(17-22)25(30)26-18-20-6-5-7-21(16-20)19-28-12-14-33-15-13-28/h5-9,16-17H,3-4,10-15,18-19H2,1-2H3,(H,26,30). The van der Waals surface area contributed by atoms with Crippen molar-refractivity contribution in [3.05, 3.63) is 59.2 Å². The number of hydrogen-bond acceptors (Lipinski definition) is 6. The lowest BCUT2D eigenvalue weighted by Crippen LogP contribution is -2.35. The first-order chi connectivity index (χ1) is 16.3. The molecule has 0 aliphatic carbocycles. The normalized spacial score (nSPS) is 17.3. The lowest BCUT2D eigenvalue weighted by atomic mass is 10.1. The van der Waals surface area contributed by atoms with Gasteiger partial charge in [-0.2, -0.15) is 0 Å². The molecule has 184 valence electrons. The van der Waals surface area contributed by atoms with Crippen LogP contribution in [0.1, 0.15) is 34.3 Å². The van der Waals surface area contributed by atoms with Gasteiger partial charge in [0.05, 0.1) is 23.7 Å². The van der Waals surface area contributed by atoms with Crippen LogP contribution in [0.2, 0.25) is 0 Å². The molecule has 2 aliphatic heterocycles. The minimum Gasteiger partial charge on any atom is -0.379 e. The third kappa shape index (κ3) is 5.78. The van der Waals surface area contributed by atoms with E-state index in [0.29, 0.717) is 12.1 Å². The van der Waals surface area contributed by atoms with Crippen LogP contribution in [0, 0.1) is 0 Å². The number of carbonyl (C=O) groups excluding carboxylic acids is 1. The highest BCUT2D eigenvalue weighted by Crippen LogP contribution is 2.28. The van der Waals surface area contributed by atoms with Crippen LogP contribution >= 0.6 is 0 Å². The minimum absolute atomic E-state index is 0.123. The number of nitrogens with zero attached hydrogens (tertiary/aromatic N) is 3. The van der Waals surface area contributed by atoms with E-state index in [1.165, 1.54) is 30.0 Å². The van der Waals surface area contributed by atoms with Crippen molar-refractivity contribution in [3.8, 4) is 0 Å². The molecule has 2 fully saturated rings. The fraction of sp³-hybridized carbons (Fsp3) is 0.480. The van der Waals surface area contributed by atoms with Gasteiger partial charge in [0.2, 0.25) is 10.0 Å². The second kappa shape index (κ2) is 10.9. The molecule has 4 rings (SSSR count). The Kier molecular flexibility index (Phi) is 7.88. The summed E-state index contributed by atoms with van der Waals surface area (Å²) in [6.07, 6.45) is 2.13. The number of rotatable bonds is 8. The highest BCUT2D eigenvalue weighted by atomic mass is 32.2. The number of sulfonamides is 1. The maximum absolute atomic E-state index is 13.3. The molecule has 0 spiro atoms. The van der Waals surface area contributed by atoms with Crippen LogP contribution < -0.4 is 10.2 Å². The van der Waals surface area contributed by atoms with E-state index in [-0.39, 0.29) is 10.8 Å². The zero-order valence-corrected chi connectivity index (χ0v) is 20.8. The third-order valence-electron chi connectivity index (χ3n) is 6.39. The van der Waals surface area contributed by atoms with E-state index in [0.717, 1.165) is 70.0 Å². The average molecular weight is 487 g/mol. The minimum atomic E-state index is -3.64. The molecule has 0 aromatic heterocycles. The molecule has 2 heterocycles. The molecule has 2 aromatic carbocycles. The smallest absolute Gasteiger partial charge is 0.253 e. The van der Waals surface area contributed by atoms with Gasteiger partial charge in [-0.25, -0.2) is 12.7 Å². The Labute approximate surface area is 202 Å². The van der Waals surface area contributed by atoms with E-state index in [1.807, 2.05) is 12.1 Å². The Morgan fingerprint density at radius 2 is 1.71 bits per heavy atom. The summed E-state index contributed by atoms with van der Waals surface area (Å²) >= 11 is 0. The summed E-state index contributed by atoms with van der Waals surface area (Å²) in [5.74, 6) is -0.267. The zero-order valence-electron chi connectivity index (χ0n) is 20.0. The van der Waals surface area contributed by atoms with Crippen LogP contribution in [0.3, 0.4) is 0 Å². The maximum atomic E-state index is 13.3. The van der Waals surface area contributed by atoms with E-state index in [9.17, 15) is 13.2 Å². The Morgan fingerprint density at radius 3 is 2.41 bits per heavy atom. The molecule has 1 amide bonds. The molecule has 1 N–H and O–H groups in total. The molecule has 8 nitrogen and oxygen atoms in total. The van der Waals surface area contributed by atoms with Crippen molar-refractivity contribution in [2.24, 2.45) is 0 Å². The van der Waals surface area contributed by atoms with E-state index >= 15 is 0 Å². The predicted molar refractivity (Wildman–Crippen MR) is 132 cm³/mol. The van der Waals surface area contributed by atoms with Crippen molar-refractivity contribution in [2.45, 2.75) is 30.8 Å². The van der Waals surface area contributed by atoms with Crippen LogP contribution in [-0.2, 0) is 27.8 Å². The second-order valence-corrected chi connectivity index (χ2v) is 11.2. The van der Waals surface area contributed by atoms with Gasteiger partial charge in [-0.3, -0.25) is 9.69 Å². The number of carbonyl (C=O) groups is 1. The molecule has 0 unspecified atom stereocenters. The Morgan fingerprint density at radius 1 is 1.00 bits per heavy atom. The highest BCUT2D eigenvalue weighted by molar-refractivity contribution is 7.89. The van der Waals surface area contributed by atoms with Crippen LogP contribution in [0.4, 0.5) is 5.69 Å². The molecule has 2 saturated heterocycles. The average Bonchev–Trinajstić information content (AvgIpc) is 3.38. The van der Waals surface area contributed by atoms with E-state index in [1.54, 1.807) is 12.1 Å². The fourth-order valence-electron chi connectivity index (χ4n) is 4.44. The van der Waals surface area contributed by atoms with Gasteiger partial charge in [-0.05, 0) is 42.2 Å². The van der Waals surface area contributed by atoms with Crippen molar-refractivity contribution in [1.29, 1.82) is 0 Å². The van der Waals surface area contributed by atoms with Gasteiger partial charge in [0, 0.05) is 59.1 Å². The number of morpholine rings is 1. The summed E-state index contributed by atoms with van der Waals surface area (Å²) in [6, 6.07) is 13.1. The molecular weight excluding hydrogens is 452 g/mol. The number of ether oxygens (including phenoxy) is 1. The third-order valence-corrected chi connectivity index (χ3v) is 8.20. The molecule has 2 aliphatic rings. The largest absolute Gasteiger partial charge is 0.379 e. The summed E-state index contributed by atoms with van der Waals surface area (Å²) in [4.78, 5) is 17.9. The van der Waals surface area contributed by atoms with Crippen molar-refractivity contribution >= 4 is 21.6 Å². The van der Waals surface area contributed by atoms with Gasteiger partial charge in [-0.15, -0.1) is 0 Å². The molecule has 34 heavy (non-hydrogen) atoms. The van der Waals surface area contributed by atoms with Crippen LogP contribution in [0.15, 0.2) is 47.4 Å². The molecule has 9 heteroatoms.